The molecule has 2 N–H and O–H groups in total. The number of aromatic hydroxyl groups is 2. The number of esters is 1. The second-order valence-electron chi connectivity index (χ2n) is 5.31. The molecule has 0 heterocycles. The molecule has 1 aromatic rings. The number of hydrogen-bond acceptors (Lipinski definition) is 4. The van der Waals surface area contributed by atoms with Crippen LogP contribution in [0.25, 0.3) is 0 Å². The Morgan fingerprint density at radius 3 is 2.48 bits per heavy atom. The van der Waals surface area contributed by atoms with Crippen molar-refractivity contribution < 1.29 is 19.7 Å². The lowest BCUT2D eigenvalue weighted by Gasteiger charge is -2.06. The molecule has 0 aliphatic heterocycles. The maximum Gasteiger partial charge on any atom is 0.305 e. The Kier molecular flexibility index (Phi) is 8.32. The van der Waals surface area contributed by atoms with Crippen molar-refractivity contribution in [1.29, 1.82) is 0 Å². The van der Waals surface area contributed by atoms with Crippen LogP contribution < -0.4 is 0 Å². The molecule has 21 heavy (non-hydrogen) atoms. The van der Waals surface area contributed by atoms with Gasteiger partial charge in [0.25, 0.3) is 0 Å². The predicted octanol–water partition coefficient (Wildman–Crippen LogP) is 3.93. The lowest BCUT2D eigenvalue weighted by Crippen LogP contribution is -2.07. The number of carbonyl (C=O) groups is 1. The van der Waals surface area contributed by atoms with E-state index in [1.807, 2.05) is 0 Å². The van der Waals surface area contributed by atoms with E-state index in [4.69, 9.17) is 4.74 Å². The fourth-order valence-electron chi connectivity index (χ4n) is 2.13. The zero-order valence-electron chi connectivity index (χ0n) is 12.8. The van der Waals surface area contributed by atoms with E-state index >= 15 is 0 Å². The number of carbonyl (C=O) groups excluding carboxylic acids is 1. The fraction of sp³-hybridized carbons (Fsp3) is 0.588. The first-order chi connectivity index (χ1) is 10.1. The van der Waals surface area contributed by atoms with Crippen molar-refractivity contribution in [2.75, 3.05) is 6.61 Å². The summed E-state index contributed by atoms with van der Waals surface area (Å²) in [4.78, 5) is 11.5. The van der Waals surface area contributed by atoms with Gasteiger partial charge >= 0.3 is 5.97 Å². The lowest BCUT2D eigenvalue weighted by atomic mass is 10.1. The van der Waals surface area contributed by atoms with Gasteiger partial charge in [0.05, 0.1) is 6.61 Å². The number of unbranched alkanes of at least 4 members (excludes halogenated alkanes) is 5. The quantitative estimate of drug-likeness (QED) is 0.390. The van der Waals surface area contributed by atoms with Crippen LogP contribution in [0.15, 0.2) is 18.2 Å². The van der Waals surface area contributed by atoms with E-state index in [1.54, 1.807) is 6.07 Å². The van der Waals surface area contributed by atoms with Crippen LogP contribution in [-0.2, 0) is 16.0 Å². The molecule has 0 saturated heterocycles. The Balaban J connectivity index is 2.09. The van der Waals surface area contributed by atoms with E-state index in [0.717, 1.165) is 18.4 Å². The Bertz CT molecular complexity index is 429. The molecule has 118 valence electrons. The van der Waals surface area contributed by atoms with Crippen molar-refractivity contribution in [3.8, 4) is 11.5 Å². The molecule has 0 atom stereocenters. The third-order valence-electron chi connectivity index (χ3n) is 3.43. The summed E-state index contributed by atoms with van der Waals surface area (Å²) in [5, 5.41) is 18.6. The summed E-state index contributed by atoms with van der Waals surface area (Å²) in [6.07, 6.45) is 7.93. The van der Waals surface area contributed by atoms with Crippen molar-refractivity contribution >= 4 is 5.97 Å². The number of ether oxygens (including phenoxy) is 1. The molecule has 4 heteroatoms. The van der Waals surface area contributed by atoms with Crippen LogP contribution in [0.4, 0.5) is 0 Å². The maximum atomic E-state index is 11.5. The number of hydrogen-bond donors (Lipinski definition) is 2. The summed E-state index contributed by atoms with van der Waals surface area (Å²) >= 11 is 0. The minimum Gasteiger partial charge on any atom is -0.504 e. The second-order valence-corrected chi connectivity index (χ2v) is 5.31. The van der Waals surface area contributed by atoms with Crippen molar-refractivity contribution in [3.63, 3.8) is 0 Å². The monoisotopic (exact) mass is 294 g/mol. The van der Waals surface area contributed by atoms with Gasteiger partial charge in [0.2, 0.25) is 0 Å². The van der Waals surface area contributed by atoms with E-state index in [1.165, 1.54) is 37.8 Å². The SMILES string of the molecule is CCCCCCCCC(=O)OCCc1ccc(O)c(O)c1. The van der Waals surface area contributed by atoms with Crippen LogP contribution in [0.2, 0.25) is 0 Å². The molecule has 0 fully saturated rings. The van der Waals surface area contributed by atoms with Crippen molar-refractivity contribution in [2.45, 2.75) is 58.3 Å². The number of phenols is 2. The summed E-state index contributed by atoms with van der Waals surface area (Å²) in [6, 6.07) is 4.62. The van der Waals surface area contributed by atoms with Gasteiger partial charge in [0.15, 0.2) is 11.5 Å². The minimum atomic E-state index is -0.159. The van der Waals surface area contributed by atoms with Crippen LogP contribution in [0, 0.1) is 0 Å². The Hall–Kier alpha value is -1.71. The zero-order chi connectivity index (χ0) is 15.5. The van der Waals surface area contributed by atoms with Gasteiger partial charge in [-0.1, -0.05) is 45.1 Å². The highest BCUT2D eigenvalue weighted by Gasteiger charge is 2.04. The molecule has 1 rings (SSSR count). The van der Waals surface area contributed by atoms with E-state index in [2.05, 4.69) is 6.92 Å². The van der Waals surface area contributed by atoms with E-state index in [0.29, 0.717) is 19.4 Å². The van der Waals surface area contributed by atoms with E-state index in [9.17, 15) is 15.0 Å². The van der Waals surface area contributed by atoms with E-state index < -0.39 is 0 Å². The van der Waals surface area contributed by atoms with Crippen LogP contribution >= 0.6 is 0 Å². The molecule has 0 aromatic heterocycles. The number of rotatable bonds is 10. The third kappa shape index (κ3) is 7.59. The summed E-state index contributed by atoms with van der Waals surface area (Å²) in [5.74, 6) is -0.446. The van der Waals surface area contributed by atoms with Crippen LogP contribution in [-0.4, -0.2) is 22.8 Å². The van der Waals surface area contributed by atoms with Gasteiger partial charge in [0, 0.05) is 12.8 Å². The Morgan fingerprint density at radius 1 is 1.05 bits per heavy atom. The largest absolute Gasteiger partial charge is 0.504 e. The molecule has 0 saturated carbocycles. The Morgan fingerprint density at radius 2 is 1.76 bits per heavy atom. The van der Waals surface area contributed by atoms with Crippen LogP contribution in [0.3, 0.4) is 0 Å². The highest BCUT2D eigenvalue weighted by molar-refractivity contribution is 5.69. The molecule has 0 aliphatic rings. The maximum absolute atomic E-state index is 11.5. The fourth-order valence-corrected chi connectivity index (χ4v) is 2.13. The summed E-state index contributed by atoms with van der Waals surface area (Å²) < 4.78 is 5.16. The van der Waals surface area contributed by atoms with E-state index in [-0.39, 0.29) is 17.5 Å². The zero-order valence-corrected chi connectivity index (χ0v) is 12.8. The first kappa shape index (κ1) is 17.3. The average Bonchev–Trinajstić information content (AvgIpc) is 2.46. The van der Waals surface area contributed by atoms with Crippen LogP contribution in [0.5, 0.6) is 11.5 Å². The van der Waals surface area contributed by atoms with Crippen molar-refractivity contribution in [3.05, 3.63) is 23.8 Å². The molecule has 0 unspecified atom stereocenters. The first-order valence-electron chi connectivity index (χ1n) is 7.80. The van der Waals surface area contributed by atoms with Crippen molar-refractivity contribution in [2.24, 2.45) is 0 Å². The Labute approximate surface area is 126 Å². The third-order valence-corrected chi connectivity index (χ3v) is 3.43. The molecule has 0 spiro atoms. The van der Waals surface area contributed by atoms with Gasteiger partial charge in [-0.05, 0) is 24.1 Å². The smallest absolute Gasteiger partial charge is 0.305 e. The number of phenolic OH excluding ortho intramolecular Hbond substituents is 2. The highest BCUT2D eigenvalue weighted by Crippen LogP contribution is 2.24. The molecule has 1 aromatic carbocycles. The normalized spacial score (nSPS) is 10.5. The topological polar surface area (TPSA) is 66.8 Å². The summed E-state index contributed by atoms with van der Waals surface area (Å²) in [5.41, 5.74) is 0.831. The summed E-state index contributed by atoms with van der Waals surface area (Å²) in [7, 11) is 0. The standard InChI is InChI=1S/C17H26O4/c1-2-3-4-5-6-7-8-17(20)21-12-11-14-9-10-15(18)16(19)13-14/h9-10,13,18-19H,2-8,11-12H2,1H3. The first-order valence-corrected chi connectivity index (χ1v) is 7.80. The summed E-state index contributed by atoms with van der Waals surface area (Å²) in [6.45, 7) is 2.49. The molecule has 0 amide bonds. The number of benzene rings is 1. The van der Waals surface area contributed by atoms with Gasteiger partial charge in [-0.15, -0.1) is 0 Å². The minimum absolute atomic E-state index is 0.140. The molecule has 4 nitrogen and oxygen atoms in total. The van der Waals surface area contributed by atoms with Crippen molar-refractivity contribution in [1.82, 2.24) is 0 Å². The highest BCUT2D eigenvalue weighted by atomic mass is 16.5. The van der Waals surface area contributed by atoms with Gasteiger partial charge in [0.1, 0.15) is 0 Å². The van der Waals surface area contributed by atoms with Gasteiger partial charge < -0.3 is 14.9 Å². The predicted molar refractivity (Wildman–Crippen MR) is 82.4 cm³/mol. The molecule has 0 aliphatic carbocycles. The average molecular weight is 294 g/mol. The molecular weight excluding hydrogens is 268 g/mol. The molecule has 0 bridgehead atoms. The van der Waals surface area contributed by atoms with Gasteiger partial charge in [-0.25, -0.2) is 0 Å². The second kappa shape index (κ2) is 10.1. The van der Waals surface area contributed by atoms with Gasteiger partial charge in [-0.2, -0.15) is 0 Å². The lowest BCUT2D eigenvalue weighted by molar-refractivity contribution is -0.143. The van der Waals surface area contributed by atoms with Crippen LogP contribution in [0.1, 0.15) is 57.4 Å². The van der Waals surface area contributed by atoms with Gasteiger partial charge in [-0.3, -0.25) is 4.79 Å². The molecule has 0 radical (unpaired) electrons. The molecular formula is C17H26O4.